The number of thioether (sulfide) groups is 1. The molecule has 1 aliphatic carbocycles. The minimum absolute atomic E-state index is 0.201. The number of thiocarbonyl (C=S) groups is 1. The molecule has 1 amide bonds. The van der Waals surface area contributed by atoms with Crippen LogP contribution in [0.4, 0.5) is 0 Å². The molecule has 0 aromatic carbocycles. The summed E-state index contributed by atoms with van der Waals surface area (Å²) in [5.74, 6) is -1.54. The molecule has 1 aliphatic rings. The molecule has 1 rings (SSSR count). The van der Waals surface area contributed by atoms with Gasteiger partial charge in [0, 0.05) is 18.8 Å². The van der Waals surface area contributed by atoms with Crippen molar-refractivity contribution in [2.45, 2.75) is 26.2 Å². The Morgan fingerprint density at radius 2 is 2.00 bits per heavy atom. The number of nitrogens with one attached hydrogen (secondary N) is 2. The van der Waals surface area contributed by atoms with Crippen LogP contribution in [0.5, 0.6) is 0 Å². The summed E-state index contributed by atoms with van der Waals surface area (Å²) in [5, 5.41) is 5.80. The molecule has 0 saturated carbocycles. The van der Waals surface area contributed by atoms with Gasteiger partial charge in [-0.05, 0) is 38.0 Å². The van der Waals surface area contributed by atoms with Crippen molar-refractivity contribution >= 4 is 40.1 Å². The van der Waals surface area contributed by atoms with Gasteiger partial charge in [0.1, 0.15) is 0 Å². The zero-order valence-electron chi connectivity index (χ0n) is 12.6. The van der Waals surface area contributed by atoms with Crippen LogP contribution in [0.2, 0.25) is 0 Å². The van der Waals surface area contributed by atoms with E-state index in [1.165, 1.54) is 5.57 Å². The van der Waals surface area contributed by atoms with Gasteiger partial charge in [0.2, 0.25) is 0 Å². The topological polar surface area (TPSA) is 84.5 Å². The Hall–Kier alpha value is -0.631. The van der Waals surface area contributed by atoms with Crippen LogP contribution in [-0.4, -0.2) is 42.0 Å². The predicted octanol–water partition coefficient (Wildman–Crippen LogP) is 1.26. The van der Waals surface area contributed by atoms with E-state index in [9.17, 15) is 9.59 Å². The summed E-state index contributed by atoms with van der Waals surface area (Å²) in [6, 6.07) is 0. The monoisotopic (exact) mass is 431 g/mol. The molecule has 0 aromatic heterocycles. The molecule has 0 aromatic rings. The van der Waals surface area contributed by atoms with Gasteiger partial charge in [0.25, 0.3) is 0 Å². The first kappa shape index (κ1) is 21.4. The van der Waals surface area contributed by atoms with Gasteiger partial charge < -0.3 is 15.4 Å². The van der Waals surface area contributed by atoms with E-state index >= 15 is 0 Å². The molecule has 125 valence electrons. The molecule has 0 bridgehead atoms. The van der Waals surface area contributed by atoms with Gasteiger partial charge in [-0.2, -0.15) is 0 Å². The van der Waals surface area contributed by atoms with Crippen LogP contribution in [0, 0.1) is 0 Å². The summed E-state index contributed by atoms with van der Waals surface area (Å²) in [5.41, 5.74) is 2.37. The first-order valence-electron chi connectivity index (χ1n) is 6.74. The molecule has 0 fully saturated rings. The summed E-state index contributed by atoms with van der Waals surface area (Å²) >= 11 is 7.79. The van der Waals surface area contributed by atoms with Gasteiger partial charge in [0.05, 0.1) is 10.8 Å². The molecule has 0 radical (unpaired) electrons. The van der Waals surface area contributed by atoms with E-state index in [0.717, 1.165) is 48.0 Å². The number of hydrogen-bond acceptors (Lipinski definition) is 7. The number of carbonyl (C=O) groups is 2. The Morgan fingerprint density at radius 3 is 2.59 bits per heavy atom. The van der Waals surface area contributed by atoms with Crippen LogP contribution in [0.25, 0.3) is 0 Å². The van der Waals surface area contributed by atoms with Crippen molar-refractivity contribution in [2.75, 3.05) is 26.0 Å². The quantitative estimate of drug-likeness (QED) is 0.284. The zero-order valence-corrected chi connectivity index (χ0v) is 16.1. The van der Waals surface area contributed by atoms with Crippen molar-refractivity contribution in [3.05, 3.63) is 11.3 Å². The van der Waals surface area contributed by atoms with Crippen molar-refractivity contribution in [3.8, 4) is 0 Å². The van der Waals surface area contributed by atoms with E-state index in [4.69, 9.17) is 15.7 Å². The van der Waals surface area contributed by atoms with E-state index in [1.54, 1.807) is 18.7 Å². The summed E-state index contributed by atoms with van der Waals surface area (Å²) in [6.07, 6.45) is 5.08. The minimum atomic E-state index is -0.836. The predicted molar refractivity (Wildman–Crippen MR) is 85.3 cm³/mol. The fourth-order valence-corrected chi connectivity index (χ4v) is 2.64. The van der Waals surface area contributed by atoms with Gasteiger partial charge >= 0.3 is 34.2 Å². The third-order valence-corrected chi connectivity index (χ3v) is 4.22. The van der Waals surface area contributed by atoms with Crippen LogP contribution >= 0.6 is 24.0 Å². The number of amides is 1. The summed E-state index contributed by atoms with van der Waals surface area (Å²) in [7, 11) is 0. The molecule has 9 heteroatoms. The van der Waals surface area contributed by atoms with Gasteiger partial charge in [-0.1, -0.05) is 12.2 Å². The van der Waals surface area contributed by atoms with E-state index in [0.29, 0.717) is 13.1 Å². The Labute approximate surface area is 150 Å². The Kier molecular flexibility index (Phi) is 12.5. The van der Waals surface area contributed by atoms with E-state index in [-0.39, 0.29) is 6.61 Å². The van der Waals surface area contributed by atoms with Gasteiger partial charge in [0.15, 0.2) is 0 Å². The first-order chi connectivity index (χ1) is 10.6. The normalized spacial score (nSPS) is 13.0. The van der Waals surface area contributed by atoms with Crippen molar-refractivity contribution < 1.29 is 36.7 Å². The Balaban J connectivity index is 0.00000211. The third-order valence-electron chi connectivity index (χ3n) is 2.86. The SMILES string of the molecule is CCOC(=O)C(=O)NCCNC1=C(C(=S)SC)CCC1.[O]=[99Tc]. The summed E-state index contributed by atoms with van der Waals surface area (Å²) in [4.78, 5) is 22.4. The van der Waals surface area contributed by atoms with Crippen molar-refractivity contribution in [1.82, 2.24) is 10.6 Å². The van der Waals surface area contributed by atoms with Crippen LogP contribution in [0.15, 0.2) is 11.3 Å². The fourth-order valence-electron chi connectivity index (χ4n) is 1.95. The number of rotatable bonds is 6. The molecule has 0 unspecified atom stereocenters. The molecule has 6 nitrogen and oxygen atoms in total. The number of ether oxygens (including phenoxy) is 1. The number of hydrogen-bond donors (Lipinski definition) is 2. The molecule has 0 saturated heterocycles. The van der Waals surface area contributed by atoms with Crippen molar-refractivity contribution in [1.29, 1.82) is 0 Å². The summed E-state index contributed by atoms with van der Waals surface area (Å²) < 4.78 is 13.7. The molecule has 0 spiro atoms. The number of carbonyl (C=O) groups excluding carboxylic acids is 2. The second-order valence-electron chi connectivity index (χ2n) is 4.21. The second-order valence-corrected chi connectivity index (χ2v) is 5.69. The van der Waals surface area contributed by atoms with Gasteiger partial charge in [-0.15, -0.1) is 11.8 Å². The van der Waals surface area contributed by atoms with Crippen molar-refractivity contribution in [2.24, 2.45) is 0 Å². The van der Waals surface area contributed by atoms with E-state index in [2.05, 4.69) is 15.4 Å². The van der Waals surface area contributed by atoms with Gasteiger partial charge in [-0.25, -0.2) is 4.79 Å². The van der Waals surface area contributed by atoms with Crippen molar-refractivity contribution in [3.63, 3.8) is 0 Å². The zero-order chi connectivity index (χ0) is 17.0. The third kappa shape index (κ3) is 7.58. The molecule has 22 heavy (non-hydrogen) atoms. The Morgan fingerprint density at radius 1 is 1.32 bits per heavy atom. The molecular formula is C13H20N2O4S2Tc. The molecule has 2 N–H and O–H groups in total. The average molecular weight is 431 g/mol. The van der Waals surface area contributed by atoms with Crippen LogP contribution in [0.1, 0.15) is 26.2 Å². The second kappa shape index (κ2) is 12.9. The Bertz CT molecular complexity index is 444. The number of allylic oxidation sites excluding steroid dienone is 1. The van der Waals surface area contributed by atoms with E-state index < -0.39 is 11.9 Å². The molecule has 0 heterocycles. The number of esters is 1. The standard InChI is InChI=1S/C13H20N2O3S2.O.Tc/c1-3-18-12(17)11(16)15-8-7-14-10-6-4-5-9(10)13(19)20-2;;/h14H,3-8H2,1-2H3,(H,15,16);;/i;;1+1. The fraction of sp³-hybridized carbons (Fsp3) is 0.615. The molecule has 0 atom stereocenters. The van der Waals surface area contributed by atoms with Gasteiger partial charge in [-0.3, -0.25) is 4.79 Å². The van der Waals surface area contributed by atoms with Crippen LogP contribution in [-0.2, 0) is 36.7 Å². The van der Waals surface area contributed by atoms with Crippen LogP contribution < -0.4 is 10.6 Å². The maximum absolute atomic E-state index is 11.3. The first-order valence-corrected chi connectivity index (χ1v) is 9.13. The molecule has 0 aliphatic heterocycles. The van der Waals surface area contributed by atoms with Crippen LogP contribution in [0.3, 0.4) is 0 Å². The molecular weight excluding hydrogens is 411 g/mol. The average Bonchev–Trinajstić information content (AvgIpc) is 3.01. The maximum atomic E-state index is 11.3. The summed E-state index contributed by atoms with van der Waals surface area (Å²) in [6.45, 7) is 2.81. The van der Waals surface area contributed by atoms with E-state index in [1.807, 2.05) is 6.26 Å².